The zero-order valence-corrected chi connectivity index (χ0v) is 18.8. The van der Waals surface area contributed by atoms with Crippen LogP contribution in [0.2, 0.25) is 5.02 Å². The Kier molecular flexibility index (Phi) is 6.43. The summed E-state index contributed by atoms with van der Waals surface area (Å²) < 4.78 is 27.6. The molecule has 8 nitrogen and oxygen atoms in total. The van der Waals surface area contributed by atoms with Gasteiger partial charge in [-0.25, -0.2) is 17.4 Å². The number of aromatic amines is 1. The molecule has 0 aliphatic heterocycles. The van der Waals surface area contributed by atoms with Crippen molar-refractivity contribution in [1.29, 1.82) is 0 Å². The summed E-state index contributed by atoms with van der Waals surface area (Å²) in [7, 11) is -4.09. The first kappa shape index (κ1) is 22.5. The Labute approximate surface area is 195 Å². The van der Waals surface area contributed by atoms with Crippen LogP contribution in [-0.4, -0.2) is 38.5 Å². The van der Waals surface area contributed by atoms with Gasteiger partial charge in [0.15, 0.2) is 11.6 Å². The number of aliphatic hydroxyl groups is 1. The summed E-state index contributed by atoms with van der Waals surface area (Å²) in [6.45, 7) is 0. The molecule has 33 heavy (non-hydrogen) atoms. The first-order valence-corrected chi connectivity index (χ1v) is 11.7. The van der Waals surface area contributed by atoms with Gasteiger partial charge in [0, 0.05) is 17.3 Å². The van der Waals surface area contributed by atoms with E-state index in [1.54, 1.807) is 0 Å². The summed E-state index contributed by atoms with van der Waals surface area (Å²) in [4.78, 5) is 16.8. The molecule has 2 N–H and O–H groups in total. The molecule has 0 amide bonds. The van der Waals surface area contributed by atoms with Crippen LogP contribution >= 0.6 is 11.6 Å². The number of carbonyl (C=O) groups excluding carboxylic acids is 1. The molecule has 2 heterocycles. The number of aryl methyl sites for hydroxylation is 2. The number of benzene rings is 2. The molecule has 2 aromatic carbocycles. The van der Waals surface area contributed by atoms with Crippen LogP contribution in [0.1, 0.15) is 27.4 Å². The molecule has 10 heteroatoms. The van der Waals surface area contributed by atoms with Crippen molar-refractivity contribution in [3.8, 4) is 0 Å². The Morgan fingerprint density at radius 1 is 1.06 bits per heavy atom. The Balaban J connectivity index is 1.73. The maximum Gasteiger partial charge on any atom is 0.268 e. The molecule has 0 aliphatic carbocycles. The third-order valence-corrected chi connectivity index (χ3v) is 6.88. The predicted molar refractivity (Wildman–Crippen MR) is 124 cm³/mol. The highest BCUT2D eigenvalue weighted by Gasteiger charge is 2.24. The van der Waals surface area contributed by atoms with Crippen molar-refractivity contribution in [3.05, 3.63) is 107 Å². The van der Waals surface area contributed by atoms with E-state index >= 15 is 0 Å². The Hall–Kier alpha value is -3.69. The first-order chi connectivity index (χ1) is 15.8. The van der Waals surface area contributed by atoms with Crippen LogP contribution in [0.15, 0.2) is 84.2 Å². The van der Waals surface area contributed by atoms with E-state index in [1.165, 1.54) is 42.9 Å². The highest BCUT2D eigenvalue weighted by atomic mass is 35.5. The second-order valence-corrected chi connectivity index (χ2v) is 9.45. The molecule has 4 aromatic rings. The van der Waals surface area contributed by atoms with Gasteiger partial charge in [0.1, 0.15) is 12.0 Å². The van der Waals surface area contributed by atoms with Crippen molar-refractivity contribution in [2.45, 2.75) is 17.7 Å². The number of hydrogen-bond donors (Lipinski definition) is 2. The quantitative estimate of drug-likeness (QED) is 0.222. The number of nitrogens with zero attached hydrogens (tertiary/aromatic N) is 3. The minimum absolute atomic E-state index is 0.00804. The summed E-state index contributed by atoms with van der Waals surface area (Å²) in [6.07, 6.45) is 4.70. The number of allylic oxidation sites excluding steroid dienone is 1. The average molecular weight is 483 g/mol. The van der Waals surface area contributed by atoms with Crippen LogP contribution in [0.25, 0.3) is 5.76 Å². The lowest BCUT2D eigenvalue weighted by molar-refractivity contribution is 0.104. The number of rotatable bonds is 8. The summed E-state index contributed by atoms with van der Waals surface area (Å²) >= 11 is 5.89. The van der Waals surface area contributed by atoms with Crippen molar-refractivity contribution in [1.82, 2.24) is 19.2 Å². The fourth-order valence-electron chi connectivity index (χ4n) is 3.26. The van der Waals surface area contributed by atoms with Gasteiger partial charge in [-0.1, -0.05) is 41.9 Å². The SMILES string of the molecule is O=C(C=C(O)c1ncn[nH]1)c1cc(CCc2ccccc2)cn1S(=O)(=O)c1ccc(Cl)cc1. The van der Waals surface area contributed by atoms with Crippen LogP contribution in [0.5, 0.6) is 0 Å². The normalized spacial score (nSPS) is 12.1. The number of ketones is 1. The van der Waals surface area contributed by atoms with E-state index in [1.807, 2.05) is 30.3 Å². The highest BCUT2D eigenvalue weighted by molar-refractivity contribution is 7.90. The Morgan fingerprint density at radius 2 is 1.76 bits per heavy atom. The van der Waals surface area contributed by atoms with Crippen molar-refractivity contribution in [3.63, 3.8) is 0 Å². The number of H-pyrrole nitrogens is 1. The van der Waals surface area contributed by atoms with Gasteiger partial charge in [-0.15, -0.1) is 0 Å². The van der Waals surface area contributed by atoms with Crippen LogP contribution in [-0.2, 0) is 22.9 Å². The predicted octanol–water partition coefficient (Wildman–Crippen LogP) is 4.06. The maximum atomic E-state index is 13.3. The molecule has 0 saturated carbocycles. The number of aliphatic hydroxyl groups excluding tert-OH is 1. The van der Waals surface area contributed by atoms with Gasteiger partial charge in [-0.3, -0.25) is 9.89 Å². The lowest BCUT2D eigenvalue weighted by atomic mass is 10.1. The van der Waals surface area contributed by atoms with Gasteiger partial charge in [-0.05, 0) is 54.3 Å². The molecule has 4 rings (SSSR count). The molecule has 2 aromatic heterocycles. The Bertz CT molecular complexity index is 1390. The molecule has 0 radical (unpaired) electrons. The summed E-state index contributed by atoms with van der Waals surface area (Å²) in [5, 5.41) is 16.6. The van der Waals surface area contributed by atoms with E-state index in [-0.39, 0.29) is 16.4 Å². The fourth-order valence-corrected chi connectivity index (χ4v) is 4.77. The van der Waals surface area contributed by atoms with Gasteiger partial charge < -0.3 is 5.11 Å². The highest BCUT2D eigenvalue weighted by Crippen LogP contribution is 2.23. The van der Waals surface area contributed by atoms with Crippen molar-refractivity contribution >= 4 is 33.2 Å². The molecule has 0 spiro atoms. The third-order valence-electron chi connectivity index (χ3n) is 4.94. The molecule has 0 saturated heterocycles. The van der Waals surface area contributed by atoms with Gasteiger partial charge in [0.25, 0.3) is 10.0 Å². The van der Waals surface area contributed by atoms with Gasteiger partial charge in [0.05, 0.1) is 4.90 Å². The lowest BCUT2D eigenvalue weighted by Crippen LogP contribution is -2.17. The van der Waals surface area contributed by atoms with E-state index in [0.717, 1.165) is 15.6 Å². The second kappa shape index (κ2) is 9.43. The number of aromatic nitrogens is 4. The van der Waals surface area contributed by atoms with Gasteiger partial charge in [0.2, 0.25) is 5.78 Å². The second-order valence-electron chi connectivity index (χ2n) is 7.20. The lowest BCUT2D eigenvalue weighted by Gasteiger charge is -2.09. The Morgan fingerprint density at radius 3 is 2.42 bits per heavy atom. The number of nitrogens with one attached hydrogen (secondary N) is 1. The van der Waals surface area contributed by atoms with Crippen LogP contribution in [0.3, 0.4) is 0 Å². The standard InChI is InChI=1S/C23H19ClN4O4S/c24-18-8-10-19(11-9-18)33(31,32)28-14-17(7-6-16-4-2-1-3-5-16)12-20(28)21(29)13-22(30)23-25-15-26-27-23/h1-5,8-15,30H,6-7H2,(H,25,26,27). The van der Waals surface area contributed by atoms with Crippen LogP contribution in [0, 0.1) is 0 Å². The number of halogens is 1. The summed E-state index contributed by atoms with van der Waals surface area (Å²) in [5.41, 5.74) is 1.63. The molecule has 0 unspecified atom stereocenters. The van der Waals surface area contributed by atoms with Crippen molar-refractivity contribution in [2.75, 3.05) is 0 Å². The maximum absolute atomic E-state index is 13.3. The molecule has 0 aliphatic rings. The van der Waals surface area contributed by atoms with Gasteiger partial charge in [-0.2, -0.15) is 5.10 Å². The van der Waals surface area contributed by atoms with E-state index < -0.39 is 21.6 Å². The van der Waals surface area contributed by atoms with E-state index in [4.69, 9.17) is 11.6 Å². The molecule has 0 atom stereocenters. The topological polar surface area (TPSA) is 118 Å². The zero-order valence-electron chi connectivity index (χ0n) is 17.2. The molecular formula is C23H19ClN4O4S. The minimum atomic E-state index is -4.09. The number of hydrogen-bond acceptors (Lipinski definition) is 6. The van der Waals surface area contributed by atoms with E-state index in [2.05, 4.69) is 15.2 Å². The van der Waals surface area contributed by atoms with Crippen molar-refractivity contribution < 1.29 is 18.3 Å². The van der Waals surface area contributed by atoms with E-state index in [9.17, 15) is 18.3 Å². The fraction of sp³-hybridized carbons (Fsp3) is 0.0870. The van der Waals surface area contributed by atoms with Crippen molar-refractivity contribution in [2.24, 2.45) is 0 Å². The summed E-state index contributed by atoms with van der Waals surface area (Å²) in [6, 6.07) is 16.9. The summed E-state index contributed by atoms with van der Waals surface area (Å²) in [5.74, 6) is -1.17. The average Bonchev–Trinajstić information content (AvgIpc) is 3.49. The largest absolute Gasteiger partial charge is 0.504 e. The molecular weight excluding hydrogens is 464 g/mol. The zero-order chi connectivity index (χ0) is 23.4. The van der Waals surface area contributed by atoms with Crippen LogP contribution < -0.4 is 0 Å². The smallest absolute Gasteiger partial charge is 0.268 e. The molecule has 0 bridgehead atoms. The number of carbonyl (C=O) groups is 1. The van der Waals surface area contributed by atoms with E-state index in [0.29, 0.717) is 23.4 Å². The third kappa shape index (κ3) is 5.05. The molecule has 0 fully saturated rings. The molecule has 168 valence electrons. The van der Waals surface area contributed by atoms with Gasteiger partial charge >= 0.3 is 0 Å². The van der Waals surface area contributed by atoms with Crippen LogP contribution in [0.4, 0.5) is 0 Å². The monoisotopic (exact) mass is 482 g/mol. The minimum Gasteiger partial charge on any atom is -0.504 e. The first-order valence-electron chi connectivity index (χ1n) is 9.91.